The summed E-state index contributed by atoms with van der Waals surface area (Å²) in [7, 11) is 0. The van der Waals surface area contributed by atoms with Crippen molar-refractivity contribution in [1.29, 1.82) is 0 Å². The van der Waals surface area contributed by atoms with Gasteiger partial charge in [0, 0.05) is 0 Å². The fourth-order valence-electron chi connectivity index (χ4n) is 7.26. The van der Waals surface area contributed by atoms with Gasteiger partial charge in [0.1, 0.15) is 0 Å². The van der Waals surface area contributed by atoms with Crippen molar-refractivity contribution in [3.8, 4) is 0 Å². The van der Waals surface area contributed by atoms with Crippen LogP contribution in [0.3, 0.4) is 0 Å². The van der Waals surface area contributed by atoms with E-state index in [2.05, 4.69) is 13.8 Å². The minimum atomic E-state index is -0.484. The zero-order chi connectivity index (χ0) is 14.1. The topological polar surface area (TPSA) is 37.3 Å². The second-order valence-corrected chi connectivity index (χ2v) is 8.73. The molecule has 0 radical (unpaired) electrons. The van der Waals surface area contributed by atoms with E-state index in [1.807, 2.05) is 0 Å². The van der Waals surface area contributed by atoms with Crippen molar-refractivity contribution >= 4 is 5.97 Å². The molecule has 0 saturated heterocycles. The van der Waals surface area contributed by atoms with Crippen LogP contribution in [0.25, 0.3) is 0 Å². The Bertz CT molecular complexity index is 441. The van der Waals surface area contributed by atoms with Crippen LogP contribution >= 0.6 is 0 Å². The summed E-state index contributed by atoms with van der Waals surface area (Å²) in [6.45, 7) is 4.75. The first kappa shape index (κ1) is 13.2. The van der Waals surface area contributed by atoms with E-state index < -0.39 is 5.97 Å². The lowest BCUT2D eigenvalue weighted by molar-refractivity contribution is -0.203. The molecule has 7 atom stereocenters. The first-order chi connectivity index (χ1) is 9.48. The van der Waals surface area contributed by atoms with Gasteiger partial charge in [0.2, 0.25) is 0 Å². The highest BCUT2D eigenvalue weighted by atomic mass is 16.4. The maximum Gasteiger partial charge on any atom is 0.309 e. The first-order valence-corrected chi connectivity index (χ1v) is 8.72. The van der Waals surface area contributed by atoms with Crippen molar-refractivity contribution in [1.82, 2.24) is 0 Å². The average Bonchev–Trinajstić information content (AvgIpc) is 2.43. The Morgan fingerprint density at radius 2 is 1.95 bits per heavy atom. The number of carboxylic acids is 1. The number of hydrogen-bond donors (Lipinski definition) is 1. The lowest BCUT2D eigenvalue weighted by Crippen LogP contribution is -2.61. The van der Waals surface area contributed by atoms with E-state index in [0.717, 1.165) is 37.0 Å². The molecule has 0 spiro atoms. The van der Waals surface area contributed by atoms with E-state index in [4.69, 9.17) is 0 Å². The summed E-state index contributed by atoms with van der Waals surface area (Å²) in [6, 6.07) is 0. The van der Waals surface area contributed by atoms with E-state index >= 15 is 0 Å². The van der Waals surface area contributed by atoms with Crippen molar-refractivity contribution in [2.75, 3.05) is 0 Å². The number of aliphatic carboxylic acids is 1. The molecule has 0 aromatic carbocycles. The summed E-state index contributed by atoms with van der Waals surface area (Å²) in [4.78, 5) is 12.1. The molecule has 0 aromatic rings. The summed E-state index contributed by atoms with van der Waals surface area (Å²) >= 11 is 0. The Morgan fingerprint density at radius 1 is 1.20 bits per heavy atom. The molecule has 4 aliphatic rings. The second-order valence-electron chi connectivity index (χ2n) is 8.73. The molecule has 4 rings (SSSR count). The smallest absolute Gasteiger partial charge is 0.309 e. The van der Waals surface area contributed by atoms with E-state index in [1.165, 1.54) is 32.1 Å². The van der Waals surface area contributed by atoms with E-state index in [0.29, 0.717) is 17.3 Å². The fraction of sp³-hybridized carbons (Fsp3) is 0.944. The van der Waals surface area contributed by atoms with Crippen molar-refractivity contribution in [3.05, 3.63) is 0 Å². The Kier molecular flexibility index (Phi) is 2.64. The van der Waals surface area contributed by atoms with Crippen LogP contribution in [0, 0.1) is 40.4 Å². The molecule has 2 heteroatoms. The summed E-state index contributed by atoms with van der Waals surface area (Å²) in [6.07, 6.45) is 9.60. The van der Waals surface area contributed by atoms with Crippen molar-refractivity contribution in [3.63, 3.8) is 0 Å². The lowest BCUT2D eigenvalue weighted by Gasteiger charge is -2.67. The molecule has 0 heterocycles. The van der Waals surface area contributed by atoms with Gasteiger partial charge in [-0.15, -0.1) is 0 Å². The minimum Gasteiger partial charge on any atom is -0.481 e. The molecule has 7 unspecified atom stereocenters. The van der Waals surface area contributed by atoms with Crippen LogP contribution in [0.2, 0.25) is 0 Å². The maximum atomic E-state index is 12.1. The number of fused-ring (bicyclic) bond motifs is 2. The maximum absolute atomic E-state index is 12.1. The van der Waals surface area contributed by atoms with Gasteiger partial charge >= 0.3 is 5.97 Å². The lowest BCUT2D eigenvalue weighted by atomic mass is 9.37. The summed E-state index contributed by atoms with van der Waals surface area (Å²) < 4.78 is 0. The van der Waals surface area contributed by atoms with Crippen LogP contribution in [0.4, 0.5) is 0 Å². The first-order valence-electron chi connectivity index (χ1n) is 8.72. The van der Waals surface area contributed by atoms with E-state index in [-0.39, 0.29) is 5.41 Å². The van der Waals surface area contributed by atoms with Crippen LogP contribution in [0.1, 0.15) is 65.2 Å². The van der Waals surface area contributed by atoms with Gasteiger partial charge in [-0.05, 0) is 73.5 Å². The van der Waals surface area contributed by atoms with Crippen molar-refractivity contribution < 1.29 is 9.90 Å². The van der Waals surface area contributed by atoms with Gasteiger partial charge < -0.3 is 5.11 Å². The summed E-state index contributed by atoms with van der Waals surface area (Å²) in [5, 5.41) is 9.96. The van der Waals surface area contributed by atoms with Gasteiger partial charge in [-0.1, -0.05) is 26.7 Å². The van der Waals surface area contributed by atoms with Gasteiger partial charge in [0.15, 0.2) is 0 Å². The fourth-order valence-corrected chi connectivity index (χ4v) is 7.26. The largest absolute Gasteiger partial charge is 0.481 e. The highest BCUT2D eigenvalue weighted by molar-refractivity contribution is 5.75. The standard InChI is InChI=1S/C18H28O2/c1-3-12-8-18(16(19)20)9-13-5-4-11-6-14(12)17(2,10-18)15(13)7-11/h11-15H,3-10H2,1-2H3,(H,19,20). The van der Waals surface area contributed by atoms with Crippen LogP contribution in [-0.2, 0) is 4.79 Å². The zero-order valence-electron chi connectivity index (χ0n) is 12.9. The summed E-state index contributed by atoms with van der Waals surface area (Å²) in [5.41, 5.74) is -0.0472. The predicted octanol–water partition coefficient (Wildman–Crippen LogP) is 4.34. The Morgan fingerprint density at radius 3 is 2.65 bits per heavy atom. The third-order valence-corrected chi connectivity index (χ3v) is 7.96. The molecule has 0 aromatic heterocycles. The average molecular weight is 276 g/mol. The number of rotatable bonds is 2. The van der Waals surface area contributed by atoms with Crippen molar-refractivity contribution in [2.45, 2.75) is 65.2 Å². The van der Waals surface area contributed by atoms with Crippen molar-refractivity contribution in [2.24, 2.45) is 40.4 Å². The monoisotopic (exact) mass is 276 g/mol. The number of carbonyl (C=O) groups is 1. The van der Waals surface area contributed by atoms with Crippen LogP contribution < -0.4 is 0 Å². The second kappa shape index (κ2) is 4.01. The van der Waals surface area contributed by atoms with Gasteiger partial charge in [0.05, 0.1) is 5.41 Å². The molecular formula is C18H28O2. The number of carboxylic acid groups (broad SMARTS) is 1. The molecular weight excluding hydrogens is 248 g/mol. The molecule has 1 N–H and O–H groups in total. The Balaban J connectivity index is 1.82. The van der Waals surface area contributed by atoms with Gasteiger partial charge in [-0.25, -0.2) is 0 Å². The normalized spacial score (nSPS) is 56.6. The predicted molar refractivity (Wildman–Crippen MR) is 78.2 cm³/mol. The van der Waals surface area contributed by atoms with Gasteiger partial charge in [-0.3, -0.25) is 4.79 Å². The van der Waals surface area contributed by atoms with Crippen LogP contribution in [0.5, 0.6) is 0 Å². The quantitative estimate of drug-likeness (QED) is 0.814. The molecule has 112 valence electrons. The van der Waals surface area contributed by atoms with Gasteiger partial charge in [-0.2, -0.15) is 0 Å². The molecule has 4 aliphatic carbocycles. The Hall–Kier alpha value is -0.530. The molecule has 4 saturated carbocycles. The highest BCUT2D eigenvalue weighted by Crippen LogP contribution is 2.71. The molecule has 0 amide bonds. The van der Waals surface area contributed by atoms with Crippen LogP contribution in [-0.4, -0.2) is 11.1 Å². The van der Waals surface area contributed by atoms with Gasteiger partial charge in [0.25, 0.3) is 0 Å². The summed E-state index contributed by atoms with van der Waals surface area (Å²) in [5.74, 6) is 3.49. The highest BCUT2D eigenvalue weighted by Gasteiger charge is 2.65. The Labute approximate surface area is 122 Å². The third-order valence-electron chi connectivity index (χ3n) is 7.96. The number of hydrogen-bond acceptors (Lipinski definition) is 1. The molecule has 20 heavy (non-hydrogen) atoms. The molecule has 0 aliphatic heterocycles. The van der Waals surface area contributed by atoms with Crippen LogP contribution in [0.15, 0.2) is 0 Å². The molecule has 4 bridgehead atoms. The van der Waals surface area contributed by atoms with E-state index in [9.17, 15) is 9.90 Å². The third kappa shape index (κ3) is 1.49. The minimum absolute atomic E-state index is 0.331. The molecule has 4 fully saturated rings. The zero-order valence-corrected chi connectivity index (χ0v) is 12.9. The van der Waals surface area contributed by atoms with E-state index in [1.54, 1.807) is 0 Å². The molecule has 2 nitrogen and oxygen atoms in total. The SMILES string of the molecule is CCC1CC2(C(=O)O)CC3CCC4CC1C(C)(C2)C3C4.